The molecule has 4 amide bonds. The Morgan fingerprint density at radius 1 is 1.08 bits per heavy atom. The summed E-state index contributed by atoms with van der Waals surface area (Å²) in [5.41, 5.74) is 0.0891. The van der Waals surface area contributed by atoms with Gasteiger partial charge in [-0.2, -0.15) is 5.26 Å². The number of rotatable bonds is 5. The Morgan fingerprint density at radius 3 is 2.31 bits per heavy atom. The number of nitriles is 1. The third-order valence-electron chi connectivity index (χ3n) is 3.79. The monoisotopic (exact) mass is 356 g/mol. The predicted octanol–water partition coefficient (Wildman–Crippen LogP) is 0.841. The largest absolute Gasteiger partial charge is 0.353 e. The van der Waals surface area contributed by atoms with E-state index in [9.17, 15) is 19.2 Å². The van der Waals surface area contributed by atoms with Gasteiger partial charge in [0.1, 0.15) is 6.42 Å². The standard InChI is InChI=1S/C18H20N4O4/c1-18(2,3)22-16(25)12-5-4-11(10-13(12)17(22)26)15(24)21-9-8-20-14(23)6-7-19/h4-5,10H,6,8-9H2,1-3H3,(H,20,23)(H,21,24). The number of benzene rings is 1. The van der Waals surface area contributed by atoms with Crippen molar-refractivity contribution in [3.63, 3.8) is 0 Å². The smallest absolute Gasteiger partial charge is 0.262 e. The highest BCUT2D eigenvalue weighted by Gasteiger charge is 2.42. The molecule has 26 heavy (non-hydrogen) atoms. The minimum Gasteiger partial charge on any atom is -0.353 e. The fraction of sp³-hybridized carbons (Fsp3) is 0.389. The van der Waals surface area contributed by atoms with Crippen LogP contribution in [-0.4, -0.2) is 47.2 Å². The van der Waals surface area contributed by atoms with Gasteiger partial charge in [0.2, 0.25) is 5.91 Å². The molecule has 2 N–H and O–H groups in total. The normalized spacial score (nSPS) is 13.2. The molecule has 0 atom stereocenters. The summed E-state index contributed by atoms with van der Waals surface area (Å²) in [6, 6.07) is 6.10. The van der Waals surface area contributed by atoms with E-state index in [4.69, 9.17) is 5.26 Å². The number of carbonyl (C=O) groups excluding carboxylic acids is 4. The van der Waals surface area contributed by atoms with Gasteiger partial charge in [-0.25, -0.2) is 0 Å². The van der Waals surface area contributed by atoms with E-state index in [1.165, 1.54) is 23.1 Å². The van der Waals surface area contributed by atoms with Crippen molar-refractivity contribution in [3.8, 4) is 6.07 Å². The van der Waals surface area contributed by atoms with Crippen LogP contribution in [0.4, 0.5) is 0 Å². The molecule has 1 aliphatic rings. The van der Waals surface area contributed by atoms with E-state index in [-0.39, 0.29) is 42.1 Å². The number of carbonyl (C=O) groups is 4. The van der Waals surface area contributed by atoms with Crippen molar-refractivity contribution < 1.29 is 19.2 Å². The number of nitrogens with one attached hydrogen (secondary N) is 2. The molecule has 1 heterocycles. The Kier molecular flexibility index (Phi) is 5.41. The lowest BCUT2D eigenvalue weighted by Crippen LogP contribution is -2.45. The fourth-order valence-corrected chi connectivity index (χ4v) is 2.61. The van der Waals surface area contributed by atoms with E-state index >= 15 is 0 Å². The number of hydrogen-bond acceptors (Lipinski definition) is 5. The molecule has 0 fully saturated rings. The van der Waals surface area contributed by atoms with Crippen molar-refractivity contribution in [2.24, 2.45) is 0 Å². The summed E-state index contributed by atoms with van der Waals surface area (Å²) in [4.78, 5) is 49.5. The van der Waals surface area contributed by atoms with Crippen LogP contribution in [0.25, 0.3) is 0 Å². The first-order valence-electron chi connectivity index (χ1n) is 8.11. The average molecular weight is 356 g/mol. The number of hydrogen-bond donors (Lipinski definition) is 2. The third-order valence-corrected chi connectivity index (χ3v) is 3.79. The summed E-state index contributed by atoms with van der Waals surface area (Å²) < 4.78 is 0. The molecule has 0 saturated carbocycles. The van der Waals surface area contributed by atoms with E-state index in [2.05, 4.69) is 10.6 Å². The van der Waals surface area contributed by atoms with Crippen LogP contribution in [0.5, 0.6) is 0 Å². The van der Waals surface area contributed by atoms with Gasteiger partial charge >= 0.3 is 0 Å². The second kappa shape index (κ2) is 7.35. The Morgan fingerprint density at radius 2 is 1.69 bits per heavy atom. The van der Waals surface area contributed by atoms with Crippen molar-refractivity contribution in [2.45, 2.75) is 32.7 Å². The van der Waals surface area contributed by atoms with Crippen molar-refractivity contribution in [3.05, 3.63) is 34.9 Å². The Hall–Kier alpha value is -3.21. The molecule has 0 spiro atoms. The van der Waals surface area contributed by atoms with Crippen molar-refractivity contribution in [1.29, 1.82) is 5.26 Å². The van der Waals surface area contributed by atoms with E-state index in [0.29, 0.717) is 0 Å². The molecule has 1 aromatic carbocycles. The van der Waals surface area contributed by atoms with Crippen LogP contribution in [0.3, 0.4) is 0 Å². The summed E-state index contributed by atoms with van der Waals surface area (Å²) in [6.07, 6.45) is -0.237. The first kappa shape index (κ1) is 19.1. The number of imide groups is 1. The number of fused-ring (bicyclic) bond motifs is 1. The van der Waals surface area contributed by atoms with E-state index in [0.717, 1.165) is 0 Å². The first-order valence-corrected chi connectivity index (χ1v) is 8.11. The first-order chi connectivity index (χ1) is 12.2. The van der Waals surface area contributed by atoms with E-state index in [1.54, 1.807) is 26.8 Å². The number of amides is 4. The topological polar surface area (TPSA) is 119 Å². The van der Waals surface area contributed by atoms with Crippen LogP contribution in [-0.2, 0) is 4.79 Å². The lowest BCUT2D eigenvalue weighted by molar-refractivity contribution is -0.120. The molecule has 0 unspecified atom stereocenters. The van der Waals surface area contributed by atoms with Gasteiger partial charge in [-0.3, -0.25) is 24.1 Å². The van der Waals surface area contributed by atoms with Gasteiger partial charge in [-0.15, -0.1) is 0 Å². The maximum absolute atomic E-state index is 12.5. The second-order valence-electron chi connectivity index (χ2n) is 6.82. The number of nitrogens with zero attached hydrogens (tertiary/aromatic N) is 2. The maximum Gasteiger partial charge on any atom is 0.262 e. The SMILES string of the molecule is CC(C)(C)N1C(=O)c2ccc(C(=O)NCCNC(=O)CC#N)cc2C1=O. The Labute approximate surface area is 151 Å². The molecule has 1 aliphatic heterocycles. The summed E-state index contributed by atoms with van der Waals surface area (Å²) in [7, 11) is 0. The minimum absolute atomic E-state index is 0.175. The van der Waals surface area contributed by atoms with Crippen molar-refractivity contribution in [2.75, 3.05) is 13.1 Å². The zero-order valence-electron chi connectivity index (χ0n) is 14.9. The van der Waals surface area contributed by atoms with Gasteiger partial charge in [0, 0.05) is 24.2 Å². The van der Waals surface area contributed by atoms with Gasteiger partial charge in [0.15, 0.2) is 0 Å². The summed E-state index contributed by atoms with van der Waals surface area (Å²) in [6.45, 7) is 5.66. The molecule has 0 aliphatic carbocycles. The molecular formula is C18H20N4O4. The van der Waals surface area contributed by atoms with Gasteiger partial charge in [-0.05, 0) is 39.0 Å². The Balaban J connectivity index is 2.04. The molecule has 1 aromatic rings. The minimum atomic E-state index is -0.656. The molecule has 0 bridgehead atoms. The highest BCUT2D eigenvalue weighted by Crippen LogP contribution is 2.29. The maximum atomic E-state index is 12.5. The highest BCUT2D eigenvalue weighted by molar-refractivity contribution is 6.22. The molecule has 136 valence electrons. The summed E-state index contributed by atoms with van der Waals surface area (Å²) >= 11 is 0. The van der Waals surface area contributed by atoms with Gasteiger partial charge < -0.3 is 10.6 Å². The van der Waals surface area contributed by atoms with Crippen molar-refractivity contribution in [1.82, 2.24) is 15.5 Å². The predicted molar refractivity (Wildman–Crippen MR) is 92.3 cm³/mol. The lowest BCUT2D eigenvalue weighted by Gasteiger charge is -2.29. The molecule has 8 heteroatoms. The molecule has 0 radical (unpaired) electrons. The van der Waals surface area contributed by atoms with Gasteiger partial charge in [0.05, 0.1) is 17.2 Å². The van der Waals surface area contributed by atoms with Crippen LogP contribution >= 0.6 is 0 Å². The summed E-state index contributed by atoms with van der Waals surface area (Å²) in [5, 5.41) is 13.5. The molecule has 0 saturated heterocycles. The third kappa shape index (κ3) is 3.88. The van der Waals surface area contributed by atoms with Crippen LogP contribution < -0.4 is 10.6 Å². The van der Waals surface area contributed by atoms with Gasteiger partial charge in [0.25, 0.3) is 17.7 Å². The molecule has 8 nitrogen and oxygen atoms in total. The Bertz CT molecular complexity index is 817. The van der Waals surface area contributed by atoms with E-state index < -0.39 is 23.3 Å². The quantitative estimate of drug-likeness (QED) is 0.598. The highest BCUT2D eigenvalue weighted by atomic mass is 16.2. The molecule has 0 aromatic heterocycles. The molecule has 2 rings (SSSR count). The van der Waals surface area contributed by atoms with Gasteiger partial charge in [-0.1, -0.05) is 0 Å². The van der Waals surface area contributed by atoms with E-state index in [1.807, 2.05) is 0 Å². The van der Waals surface area contributed by atoms with Crippen molar-refractivity contribution >= 4 is 23.6 Å². The van der Waals surface area contributed by atoms with Crippen LogP contribution in [0, 0.1) is 11.3 Å². The fourth-order valence-electron chi connectivity index (χ4n) is 2.61. The van der Waals surface area contributed by atoms with Crippen LogP contribution in [0.1, 0.15) is 58.3 Å². The van der Waals surface area contributed by atoms with Crippen LogP contribution in [0.15, 0.2) is 18.2 Å². The average Bonchev–Trinajstić information content (AvgIpc) is 2.82. The zero-order chi connectivity index (χ0) is 19.5. The second-order valence-corrected chi connectivity index (χ2v) is 6.82. The lowest BCUT2D eigenvalue weighted by atomic mass is 10.1. The zero-order valence-corrected chi connectivity index (χ0v) is 14.9. The molecular weight excluding hydrogens is 336 g/mol. The van der Waals surface area contributed by atoms with Crippen LogP contribution in [0.2, 0.25) is 0 Å². The summed E-state index contributed by atoms with van der Waals surface area (Å²) in [5.74, 6) is -1.62.